The van der Waals surface area contributed by atoms with E-state index in [0.717, 1.165) is 6.42 Å². The van der Waals surface area contributed by atoms with Gasteiger partial charge in [-0.3, -0.25) is 9.69 Å². The maximum Gasteiger partial charge on any atom is 0.410 e. The van der Waals surface area contributed by atoms with Crippen molar-refractivity contribution in [2.75, 3.05) is 13.2 Å². The zero-order valence-corrected chi connectivity index (χ0v) is 7.94. The lowest BCUT2D eigenvalue weighted by Gasteiger charge is -2.20. The Balaban J connectivity index is 2.53. The highest BCUT2D eigenvalue weighted by Crippen LogP contribution is 2.17. The average Bonchev–Trinajstić information content (AvgIpc) is 2.62. The molecule has 0 aromatic rings. The van der Waals surface area contributed by atoms with Gasteiger partial charge in [0.25, 0.3) is 0 Å². The number of carbonyl (C=O) groups excluding carboxylic acids is 2. The molecule has 14 heavy (non-hydrogen) atoms. The van der Waals surface area contributed by atoms with Gasteiger partial charge in [-0.15, -0.1) is 0 Å². The number of nitrogens with two attached hydrogens (primary N) is 1. The van der Waals surface area contributed by atoms with E-state index < -0.39 is 18.0 Å². The Morgan fingerprint density at radius 3 is 2.93 bits per heavy atom. The zero-order chi connectivity index (χ0) is 10.6. The molecular formula is C9H14N2O3. The van der Waals surface area contributed by atoms with Crippen LogP contribution in [0.25, 0.3) is 0 Å². The number of likely N-dealkylation sites (tertiary alicyclic amines) is 1. The number of nitrogens with zero attached hydrogens (tertiary/aromatic N) is 1. The van der Waals surface area contributed by atoms with Crippen molar-refractivity contribution in [2.45, 2.75) is 18.9 Å². The van der Waals surface area contributed by atoms with E-state index in [4.69, 9.17) is 10.5 Å². The third-order valence-electron chi connectivity index (χ3n) is 2.14. The molecule has 1 rings (SSSR count). The maximum absolute atomic E-state index is 11.4. The van der Waals surface area contributed by atoms with Gasteiger partial charge in [0.15, 0.2) is 0 Å². The van der Waals surface area contributed by atoms with Crippen LogP contribution in [0.5, 0.6) is 0 Å². The topological polar surface area (TPSA) is 72.6 Å². The Kier molecular flexibility index (Phi) is 3.50. The van der Waals surface area contributed by atoms with Gasteiger partial charge in [0, 0.05) is 6.54 Å². The highest BCUT2D eigenvalue weighted by atomic mass is 16.6. The molecular weight excluding hydrogens is 184 g/mol. The number of hydrogen-bond donors (Lipinski definition) is 1. The first kappa shape index (κ1) is 10.6. The van der Waals surface area contributed by atoms with E-state index >= 15 is 0 Å². The van der Waals surface area contributed by atoms with Crippen LogP contribution in [0.2, 0.25) is 0 Å². The Bertz CT molecular complexity index is 252. The van der Waals surface area contributed by atoms with Gasteiger partial charge in [-0.1, -0.05) is 12.7 Å². The van der Waals surface area contributed by atoms with E-state index in [1.54, 1.807) is 0 Å². The number of primary amides is 1. The van der Waals surface area contributed by atoms with Crippen LogP contribution in [0.4, 0.5) is 4.79 Å². The molecule has 0 aliphatic carbocycles. The first-order chi connectivity index (χ1) is 6.66. The zero-order valence-electron chi connectivity index (χ0n) is 7.94. The molecule has 78 valence electrons. The second-order valence-electron chi connectivity index (χ2n) is 3.12. The molecule has 1 fully saturated rings. The quantitative estimate of drug-likeness (QED) is 0.661. The van der Waals surface area contributed by atoms with Gasteiger partial charge in [0.05, 0.1) is 0 Å². The summed E-state index contributed by atoms with van der Waals surface area (Å²) in [6, 6.07) is -0.507. The van der Waals surface area contributed by atoms with Gasteiger partial charge in [0.1, 0.15) is 12.6 Å². The molecule has 1 unspecified atom stereocenters. The van der Waals surface area contributed by atoms with E-state index in [1.165, 1.54) is 11.0 Å². The smallest absolute Gasteiger partial charge is 0.410 e. The Morgan fingerprint density at radius 1 is 1.64 bits per heavy atom. The van der Waals surface area contributed by atoms with Crippen LogP contribution in [-0.2, 0) is 9.53 Å². The minimum absolute atomic E-state index is 0.154. The van der Waals surface area contributed by atoms with Gasteiger partial charge in [-0.25, -0.2) is 4.79 Å². The Hall–Kier alpha value is -1.52. The highest BCUT2D eigenvalue weighted by Gasteiger charge is 2.33. The Morgan fingerprint density at radius 2 is 2.36 bits per heavy atom. The van der Waals surface area contributed by atoms with Crippen LogP contribution < -0.4 is 5.73 Å². The number of rotatable bonds is 3. The lowest BCUT2D eigenvalue weighted by atomic mass is 10.2. The molecule has 1 heterocycles. The molecule has 0 radical (unpaired) electrons. The number of carbonyl (C=O) groups is 2. The van der Waals surface area contributed by atoms with Gasteiger partial charge in [-0.05, 0) is 12.8 Å². The number of amides is 2. The average molecular weight is 198 g/mol. The summed E-state index contributed by atoms with van der Waals surface area (Å²) in [5.41, 5.74) is 5.15. The monoisotopic (exact) mass is 198 g/mol. The summed E-state index contributed by atoms with van der Waals surface area (Å²) >= 11 is 0. The summed E-state index contributed by atoms with van der Waals surface area (Å²) in [6.45, 7) is 4.11. The molecule has 1 atom stereocenters. The summed E-state index contributed by atoms with van der Waals surface area (Å²) in [4.78, 5) is 23.7. The predicted octanol–water partition coefficient (Wildman–Crippen LogP) is 0.259. The minimum Gasteiger partial charge on any atom is -0.445 e. The van der Waals surface area contributed by atoms with Gasteiger partial charge < -0.3 is 10.5 Å². The molecule has 0 saturated carbocycles. The molecule has 0 aromatic carbocycles. The van der Waals surface area contributed by atoms with E-state index in [0.29, 0.717) is 13.0 Å². The third-order valence-corrected chi connectivity index (χ3v) is 2.14. The lowest BCUT2D eigenvalue weighted by Crippen LogP contribution is -2.43. The first-order valence-corrected chi connectivity index (χ1v) is 4.50. The van der Waals surface area contributed by atoms with Crippen molar-refractivity contribution in [1.82, 2.24) is 4.90 Å². The molecule has 1 saturated heterocycles. The number of hydrogen-bond acceptors (Lipinski definition) is 3. The molecule has 0 bridgehead atoms. The van der Waals surface area contributed by atoms with Crippen LogP contribution in [-0.4, -0.2) is 36.1 Å². The highest BCUT2D eigenvalue weighted by molar-refractivity contribution is 5.84. The lowest BCUT2D eigenvalue weighted by molar-refractivity contribution is -0.121. The second kappa shape index (κ2) is 4.64. The second-order valence-corrected chi connectivity index (χ2v) is 3.12. The fourth-order valence-electron chi connectivity index (χ4n) is 1.49. The van der Waals surface area contributed by atoms with Crippen molar-refractivity contribution < 1.29 is 14.3 Å². The van der Waals surface area contributed by atoms with Crippen molar-refractivity contribution in [1.29, 1.82) is 0 Å². The molecule has 0 spiro atoms. The van der Waals surface area contributed by atoms with E-state index in [9.17, 15) is 9.59 Å². The van der Waals surface area contributed by atoms with Crippen LogP contribution >= 0.6 is 0 Å². The molecule has 2 N–H and O–H groups in total. The van der Waals surface area contributed by atoms with E-state index in [2.05, 4.69) is 6.58 Å². The van der Waals surface area contributed by atoms with Gasteiger partial charge in [-0.2, -0.15) is 0 Å². The SMILES string of the molecule is C=CCOC(=O)N1CCCC1C(N)=O. The van der Waals surface area contributed by atoms with Gasteiger partial charge >= 0.3 is 6.09 Å². The summed E-state index contributed by atoms with van der Waals surface area (Å²) < 4.78 is 4.82. The Labute approximate surface area is 82.5 Å². The van der Waals surface area contributed by atoms with Crippen LogP contribution in [0, 0.1) is 0 Å². The van der Waals surface area contributed by atoms with Crippen molar-refractivity contribution in [2.24, 2.45) is 5.73 Å². The third kappa shape index (κ3) is 2.25. The van der Waals surface area contributed by atoms with Crippen LogP contribution in [0.3, 0.4) is 0 Å². The maximum atomic E-state index is 11.4. The van der Waals surface area contributed by atoms with Crippen molar-refractivity contribution in [3.05, 3.63) is 12.7 Å². The van der Waals surface area contributed by atoms with Crippen molar-refractivity contribution in [3.8, 4) is 0 Å². The summed E-state index contributed by atoms with van der Waals surface area (Å²) in [5, 5.41) is 0. The van der Waals surface area contributed by atoms with E-state index in [-0.39, 0.29) is 6.61 Å². The van der Waals surface area contributed by atoms with Crippen LogP contribution in [0.1, 0.15) is 12.8 Å². The van der Waals surface area contributed by atoms with Gasteiger partial charge in [0.2, 0.25) is 5.91 Å². The molecule has 1 aliphatic rings. The summed E-state index contributed by atoms with van der Waals surface area (Å²) in [5.74, 6) is -0.474. The fourth-order valence-corrected chi connectivity index (χ4v) is 1.49. The molecule has 1 aliphatic heterocycles. The van der Waals surface area contributed by atoms with E-state index in [1.807, 2.05) is 0 Å². The summed E-state index contributed by atoms with van der Waals surface area (Å²) in [6.07, 6.45) is 2.40. The predicted molar refractivity (Wildman–Crippen MR) is 50.5 cm³/mol. The van der Waals surface area contributed by atoms with Crippen molar-refractivity contribution in [3.63, 3.8) is 0 Å². The fraction of sp³-hybridized carbons (Fsp3) is 0.556. The first-order valence-electron chi connectivity index (χ1n) is 4.50. The molecule has 5 nitrogen and oxygen atoms in total. The molecule has 0 aromatic heterocycles. The summed E-state index contributed by atoms with van der Waals surface area (Å²) in [7, 11) is 0. The van der Waals surface area contributed by atoms with Crippen LogP contribution in [0.15, 0.2) is 12.7 Å². The largest absolute Gasteiger partial charge is 0.445 e. The minimum atomic E-state index is -0.507. The normalized spacial score (nSPS) is 20.6. The molecule has 5 heteroatoms. The van der Waals surface area contributed by atoms with Crippen molar-refractivity contribution >= 4 is 12.0 Å². The number of ether oxygens (including phenoxy) is 1. The molecule has 2 amide bonds. The standard InChI is InChI=1S/C9H14N2O3/c1-2-6-14-9(13)11-5-3-4-7(11)8(10)12/h2,7H,1,3-6H2,(H2,10,12).